The second kappa shape index (κ2) is 1.29. The molecular weight excluding hydrogens is 122 g/mol. The predicted octanol–water partition coefficient (Wildman–Crippen LogP) is 0.391. The minimum absolute atomic E-state index is 0.869. The van der Waals surface area contributed by atoms with Crippen LogP contribution in [0.2, 0.25) is 0 Å². The lowest BCUT2D eigenvalue weighted by atomic mass is 10.6. The Hall–Kier alpha value is -0.900. The molecule has 2 heterocycles. The lowest BCUT2D eigenvalue weighted by Crippen LogP contribution is -1.91. The van der Waals surface area contributed by atoms with Gasteiger partial charge in [-0.15, -0.1) is 10.2 Å². The lowest BCUT2D eigenvalue weighted by Gasteiger charge is -1.87. The third-order valence-corrected chi connectivity index (χ3v) is 1.57. The highest BCUT2D eigenvalue weighted by molar-refractivity contribution is 7.03. The zero-order valence-electron chi connectivity index (χ0n) is 3.88. The van der Waals surface area contributed by atoms with Crippen molar-refractivity contribution < 1.29 is 0 Å². The molecule has 4 heteroatoms. The van der Waals surface area contributed by atoms with E-state index in [9.17, 15) is 0 Å². The molecule has 0 fully saturated rings. The van der Waals surface area contributed by atoms with Crippen LogP contribution >= 0.6 is 11.5 Å². The zero-order chi connectivity index (χ0) is 5.40. The number of H-pyrrole nitrogens is 1. The molecule has 8 heavy (non-hydrogen) atoms. The smallest absolute Gasteiger partial charge is 0.183 e. The van der Waals surface area contributed by atoms with Gasteiger partial charge in [-0.25, -0.2) is 0 Å². The van der Waals surface area contributed by atoms with E-state index in [1.807, 2.05) is 0 Å². The molecule has 2 aliphatic rings. The molecule has 0 aromatic heterocycles. The van der Waals surface area contributed by atoms with Crippen LogP contribution < -0.4 is 0 Å². The van der Waals surface area contributed by atoms with Gasteiger partial charge in [0.05, 0.1) is 0 Å². The molecule has 1 radical (unpaired) electrons. The van der Waals surface area contributed by atoms with Crippen molar-refractivity contribution in [3.63, 3.8) is 0 Å². The van der Waals surface area contributed by atoms with Gasteiger partial charge in [-0.3, -0.25) is 0 Å². The van der Waals surface area contributed by atoms with E-state index >= 15 is 0 Å². The van der Waals surface area contributed by atoms with E-state index in [4.69, 9.17) is 0 Å². The standard InChI is InChI=1S/C4H2N3S/c1-2-5-8-4-3(1)6-7-4/h2,5H. The summed E-state index contributed by atoms with van der Waals surface area (Å²) in [5.41, 5.74) is 0. The number of nitrogens with zero attached hydrogens (tertiary/aromatic N) is 2. The largest absolute Gasteiger partial charge is 0.316 e. The van der Waals surface area contributed by atoms with E-state index in [2.05, 4.69) is 20.6 Å². The summed E-state index contributed by atoms with van der Waals surface area (Å²) in [6, 6.07) is 2.88. The molecule has 3 nitrogen and oxygen atoms in total. The molecule has 39 valence electrons. The maximum Gasteiger partial charge on any atom is 0.183 e. The molecule has 0 aliphatic carbocycles. The summed E-state index contributed by atoms with van der Waals surface area (Å²) in [6.07, 6.45) is 1.72. The first-order valence-corrected chi connectivity index (χ1v) is 2.95. The molecule has 0 unspecified atom stereocenters. The first-order valence-electron chi connectivity index (χ1n) is 2.13. The van der Waals surface area contributed by atoms with E-state index in [1.54, 1.807) is 6.20 Å². The van der Waals surface area contributed by atoms with E-state index in [0.29, 0.717) is 0 Å². The Labute approximate surface area is 49.2 Å². The van der Waals surface area contributed by atoms with Crippen LogP contribution in [0.5, 0.6) is 0 Å². The molecule has 2 aliphatic heterocycles. The number of rotatable bonds is 0. The van der Waals surface area contributed by atoms with Gasteiger partial charge in [0, 0.05) is 12.3 Å². The molecule has 2 rings (SSSR count). The van der Waals surface area contributed by atoms with Crippen LogP contribution in [0.3, 0.4) is 0 Å². The highest BCUT2D eigenvalue weighted by Gasteiger charge is 1.91. The average molecular weight is 124 g/mol. The molecule has 0 atom stereocenters. The van der Waals surface area contributed by atoms with E-state index in [-0.39, 0.29) is 0 Å². The normalized spacial score (nSPS) is 10.5. The van der Waals surface area contributed by atoms with Crippen LogP contribution in [-0.4, -0.2) is 14.6 Å². The van der Waals surface area contributed by atoms with Crippen LogP contribution in [0, 0.1) is 16.1 Å². The number of hydrogen-bond acceptors (Lipinski definition) is 3. The van der Waals surface area contributed by atoms with Crippen molar-refractivity contribution in [1.82, 2.24) is 14.6 Å². The molecule has 0 saturated heterocycles. The van der Waals surface area contributed by atoms with Gasteiger partial charge in [-0.05, 0) is 11.5 Å². The maximum atomic E-state index is 3.71. The summed E-state index contributed by atoms with van der Waals surface area (Å²) in [6.45, 7) is 0. The summed E-state index contributed by atoms with van der Waals surface area (Å²) in [4.78, 5) is 0. The van der Waals surface area contributed by atoms with Gasteiger partial charge in [-0.1, -0.05) is 0 Å². The number of aromatic amines is 1. The summed E-state index contributed by atoms with van der Waals surface area (Å²) in [5, 5.41) is 8.28. The SMILES string of the molecule is [c]1c[nH]sc2nnc1=2. The zero-order valence-corrected chi connectivity index (χ0v) is 4.70. The summed E-state index contributed by atoms with van der Waals surface area (Å²) in [5.74, 6) is 0. The molecule has 0 bridgehead atoms. The van der Waals surface area contributed by atoms with Crippen LogP contribution in [0.4, 0.5) is 0 Å². The second-order valence-electron chi connectivity index (χ2n) is 1.36. The lowest BCUT2D eigenvalue weighted by molar-refractivity contribution is 0.904. The Morgan fingerprint density at radius 1 is 1.62 bits per heavy atom. The Balaban J connectivity index is 3.06. The number of aromatic nitrogens is 3. The fourth-order valence-corrected chi connectivity index (χ4v) is 0.991. The first-order chi connectivity index (χ1) is 3.97. The van der Waals surface area contributed by atoms with Gasteiger partial charge < -0.3 is 4.37 Å². The molecule has 1 N–H and O–H groups in total. The van der Waals surface area contributed by atoms with Gasteiger partial charge in [-0.2, -0.15) is 0 Å². The van der Waals surface area contributed by atoms with E-state index in [1.165, 1.54) is 11.5 Å². The average Bonchev–Trinajstić information content (AvgIpc) is 1.72. The van der Waals surface area contributed by atoms with Gasteiger partial charge >= 0.3 is 0 Å². The monoisotopic (exact) mass is 124 g/mol. The van der Waals surface area contributed by atoms with Crippen LogP contribution in [-0.2, 0) is 0 Å². The first kappa shape index (κ1) is 4.03. The van der Waals surface area contributed by atoms with E-state index < -0.39 is 0 Å². The van der Waals surface area contributed by atoms with Crippen LogP contribution in [0.15, 0.2) is 6.20 Å². The molecule has 0 aromatic rings. The van der Waals surface area contributed by atoms with Gasteiger partial charge in [0.25, 0.3) is 0 Å². The fraction of sp³-hybridized carbons (Fsp3) is 0. The third kappa shape index (κ3) is 0.376. The van der Waals surface area contributed by atoms with Crippen LogP contribution in [0.25, 0.3) is 0 Å². The second-order valence-corrected chi connectivity index (χ2v) is 2.19. The quantitative estimate of drug-likeness (QED) is 0.552. The van der Waals surface area contributed by atoms with Crippen molar-refractivity contribution in [3.05, 3.63) is 22.3 Å². The van der Waals surface area contributed by atoms with Crippen LogP contribution in [0.1, 0.15) is 0 Å². The molecular formula is C4H2N3S. The molecule has 0 aromatic carbocycles. The Kier molecular flexibility index (Phi) is 0.648. The van der Waals surface area contributed by atoms with Gasteiger partial charge in [0.2, 0.25) is 0 Å². The summed E-state index contributed by atoms with van der Waals surface area (Å²) < 4.78 is 3.82. The minimum atomic E-state index is 0.869. The van der Waals surface area contributed by atoms with Crippen molar-refractivity contribution in [2.24, 2.45) is 0 Å². The Morgan fingerprint density at radius 3 is 3.00 bits per heavy atom. The van der Waals surface area contributed by atoms with Crippen molar-refractivity contribution in [1.29, 1.82) is 0 Å². The van der Waals surface area contributed by atoms with Gasteiger partial charge in [0.1, 0.15) is 5.35 Å². The molecule has 0 spiro atoms. The van der Waals surface area contributed by atoms with E-state index in [0.717, 1.165) is 10.0 Å². The highest BCUT2D eigenvalue weighted by atomic mass is 32.1. The molecule has 0 amide bonds. The summed E-state index contributed by atoms with van der Waals surface area (Å²) in [7, 11) is 0. The minimum Gasteiger partial charge on any atom is -0.316 e. The fourth-order valence-electron chi connectivity index (χ4n) is 0.483. The third-order valence-electron chi connectivity index (χ3n) is 0.867. The topological polar surface area (TPSA) is 41.6 Å². The number of nitrogens with one attached hydrogen (secondary N) is 1. The van der Waals surface area contributed by atoms with Crippen molar-refractivity contribution in [2.75, 3.05) is 0 Å². The predicted molar refractivity (Wildman–Crippen MR) is 28.4 cm³/mol. The van der Waals surface area contributed by atoms with Crippen molar-refractivity contribution >= 4 is 11.5 Å². The summed E-state index contributed by atoms with van der Waals surface area (Å²) >= 11 is 1.46. The van der Waals surface area contributed by atoms with Crippen molar-refractivity contribution in [3.8, 4) is 0 Å². The Bertz CT molecular complexity index is 289. The van der Waals surface area contributed by atoms with Gasteiger partial charge in [0.15, 0.2) is 4.66 Å². The number of hydrogen-bond donors (Lipinski definition) is 1. The Morgan fingerprint density at radius 2 is 2.62 bits per heavy atom. The molecule has 0 saturated carbocycles. The van der Waals surface area contributed by atoms with Crippen molar-refractivity contribution in [2.45, 2.75) is 0 Å². The highest BCUT2D eigenvalue weighted by Crippen LogP contribution is 1.94. The maximum absolute atomic E-state index is 3.71.